The van der Waals surface area contributed by atoms with Crippen molar-refractivity contribution in [2.45, 2.75) is 37.0 Å². The second-order valence-corrected chi connectivity index (χ2v) is 5.42. The van der Waals surface area contributed by atoms with E-state index in [1.54, 1.807) is 11.8 Å². The van der Waals surface area contributed by atoms with E-state index >= 15 is 0 Å². The van der Waals surface area contributed by atoms with E-state index in [0.29, 0.717) is 12.0 Å². The van der Waals surface area contributed by atoms with E-state index in [2.05, 4.69) is 0 Å². The first-order valence-corrected chi connectivity index (χ1v) is 6.67. The van der Waals surface area contributed by atoms with E-state index < -0.39 is 0 Å². The lowest BCUT2D eigenvalue weighted by Crippen LogP contribution is -2.23. The zero-order valence-electron chi connectivity index (χ0n) is 9.11. The van der Waals surface area contributed by atoms with Crippen LogP contribution >= 0.6 is 11.8 Å². The number of carbonyl (C=O) groups is 1. The number of ether oxygens (including phenoxy) is 2. The van der Waals surface area contributed by atoms with E-state index in [1.165, 1.54) is 20.0 Å². The number of methoxy groups -OCH3 is 1. The molecule has 0 aromatic rings. The summed E-state index contributed by atoms with van der Waals surface area (Å²) in [5, 5.41) is 0.0548. The quantitative estimate of drug-likeness (QED) is 0.675. The summed E-state index contributed by atoms with van der Waals surface area (Å²) in [4.78, 5) is 11.5. The third kappa shape index (κ3) is 3.11. The zero-order valence-corrected chi connectivity index (χ0v) is 9.92. The van der Waals surface area contributed by atoms with E-state index in [9.17, 15) is 4.79 Å². The highest BCUT2D eigenvalue weighted by molar-refractivity contribution is 8.00. The lowest BCUT2D eigenvalue weighted by Gasteiger charge is -2.15. The topological polar surface area (TPSA) is 35.5 Å². The number of hydrogen-bond donors (Lipinski definition) is 0. The van der Waals surface area contributed by atoms with Crippen LogP contribution in [0.25, 0.3) is 0 Å². The maximum atomic E-state index is 11.5. The van der Waals surface area contributed by atoms with Gasteiger partial charge in [-0.3, -0.25) is 4.79 Å². The molecule has 2 fully saturated rings. The summed E-state index contributed by atoms with van der Waals surface area (Å²) in [5.74, 6) is 1.44. The first kappa shape index (κ1) is 11.3. The van der Waals surface area contributed by atoms with Crippen LogP contribution in [0.1, 0.15) is 25.7 Å². The van der Waals surface area contributed by atoms with Gasteiger partial charge in [-0.25, -0.2) is 0 Å². The van der Waals surface area contributed by atoms with Crippen molar-refractivity contribution in [2.75, 3.05) is 19.5 Å². The van der Waals surface area contributed by atoms with Crippen molar-refractivity contribution < 1.29 is 14.3 Å². The second kappa shape index (κ2) is 5.21. The molecule has 1 heterocycles. The summed E-state index contributed by atoms with van der Waals surface area (Å²) in [6.07, 6.45) is 5.03. The smallest absolute Gasteiger partial charge is 0.319 e. The Balaban J connectivity index is 1.75. The van der Waals surface area contributed by atoms with Gasteiger partial charge in [0.25, 0.3) is 0 Å². The number of carbonyl (C=O) groups excluding carboxylic acids is 1. The van der Waals surface area contributed by atoms with Crippen molar-refractivity contribution in [3.05, 3.63) is 0 Å². The van der Waals surface area contributed by atoms with Crippen LogP contribution in [-0.4, -0.2) is 36.8 Å². The van der Waals surface area contributed by atoms with Gasteiger partial charge in [0.05, 0.1) is 13.2 Å². The van der Waals surface area contributed by atoms with Crippen molar-refractivity contribution in [1.82, 2.24) is 0 Å². The van der Waals surface area contributed by atoms with Gasteiger partial charge in [0, 0.05) is 12.4 Å². The Hall–Kier alpha value is -0.220. The number of esters is 1. The molecule has 0 bridgehead atoms. The van der Waals surface area contributed by atoms with Gasteiger partial charge in [0.2, 0.25) is 0 Å². The van der Waals surface area contributed by atoms with Gasteiger partial charge in [-0.2, -0.15) is 0 Å². The molecule has 0 aromatic heterocycles. The number of thioether (sulfide) groups is 1. The van der Waals surface area contributed by atoms with E-state index in [1.807, 2.05) is 0 Å². The highest BCUT2D eigenvalue weighted by atomic mass is 32.2. The molecule has 3 nitrogen and oxygen atoms in total. The van der Waals surface area contributed by atoms with Crippen molar-refractivity contribution in [2.24, 2.45) is 5.92 Å². The molecule has 1 aliphatic carbocycles. The summed E-state index contributed by atoms with van der Waals surface area (Å²) in [6.45, 7) is 0.886. The van der Waals surface area contributed by atoms with E-state index in [4.69, 9.17) is 9.47 Å². The molecule has 2 rings (SSSR count). The molecule has 4 heteroatoms. The number of rotatable bonds is 5. The minimum absolute atomic E-state index is 0.0548. The van der Waals surface area contributed by atoms with Gasteiger partial charge in [-0.1, -0.05) is 0 Å². The normalized spacial score (nSPS) is 27.7. The molecule has 0 aromatic carbocycles. The lowest BCUT2D eigenvalue weighted by atomic mass is 10.3. The number of hydrogen-bond acceptors (Lipinski definition) is 4. The largest absolute Gasteiger partial charge is 0.468 e. The van der Waals surface area contributed by atoms with Crippen LogP contribution in [0.15, 0.2) is 0 Å². The Bertz CT molecular complexity index is 222. The van der Waals surface area contributed by atoms with E-state index in [0.717, 1.165) is 25.2 Å². The minimum Gasteiger partial charge on any atom is -0.468 e. The molecule has 2 aliphatic rings. The Morgan fingerprint density at radius 1 is 1.53 bits per heavy atom. The fourth-order valence-corrected chi connectivity index (χ4v) is 3.36. The van der Waals surface area contributed by atoms with Crippen molar-refractivity contribution in [3.8, 4) is 0 Å². The molecular weight excluding hydrogens is 212 g/mol. The Morgan fingerprint density at radius 2 is 2.33 bits per heavy atom. The highest BCUT2D eigenvalue weighted by Crippen LogP contribution is 2.40. The molecule has 0 N–H and O–H groups in total. The molecule has 86 valence electrons. The lowest BCUT2D eigenvalue weighted by molar-refractivity contribution is -0.140. The zero-order chi connectivity index (χ0) is 10.7. The first-order valence-electron chi connectivity index (χ1n) is 5.62. The summed E-state index contributed by atoms with van der Waals surface area (Å²) >= 11 is 1.72. The molecule has 0 amide bonds. The summed E-state index contributed by atoms with van der Waals surface area (Å²) in [5.41, 5.74) is 0. The molecule has 2 unspecified atom stereocenters. The average molecular weight is 230 g/mol. The van der Waals surface area contributed by atoms with E-state index in [-0.39, 0.29) is 11.2 Å². The monoisotopic (exact) mass is 230 g/mol. The van der Waals surface area contributed by atoms with Gasteiger partial charge >= 0.3 is 5.97 Å². The van der Waals surface area contributed by atoms with Crippen LogP contribution < -0.4 is 0 Å². The van der Waals surface area contributed by atoms with Crippen molar-refractivity contribution in [1.29, 1.82) is 0 Å². The van der Waals surface area contributed by atoms with Crippen LogP contribution in [-0.2, 0) is 14.3 Å². The maximum Gasteiger partial charge on any atom is 0.319 e. The highest BCUT2D eigenvalue weighted by Gasteiger charge is 2.37. The fourth-order valence-electron chi connectivity index (χ4n) is 1.90. The minimum atomic E-state index is -0.0551. The van der Waals surface area contributed by atoms with Crippen LogP contribution in [0, 0.1) is 5.92 Å². The summed E-state index contributed by atoms with van der Waals surface area (Å²) in [6, 6.07) is 0. The first-order chi connectivity index (χ1) is 7.31. The van der Waals surface area contributed by atoms with Crippen LogP contribution in [0.2, 0.25) is 0 Å². The van der Waals surface area contributed by atoms with Crippen LogP contribution in [0.5, 0.6) is 0 Å². The molecular formula is C11H18O3S. The Kier molecular flexibility index (Phi) is 3.92. The van der Waals surface area contributed by atoms with Crippen LogP contribution in [0.4, 0.5) is 0 Å². The third-order valence-corrected chi connectivity index (χ3v) is 4.47. The predicted molar refractivity (Wildman–Crippen MR) is 60.0 cm³/mol. The van der Waals surface area contributed by atoms with Crippen molar-refractivity contribution >= 4 is 17.7 Å². The molecule has 15 heavy (non-hydrogen) atoms. The average Bonchev–Trinajstić information content (AvgIpc) is 2.95. The standard InChI is InChI=1S/C11H18O3S/c1-13-11(12)10(8-4-5-8)15-7-9-3-2-6-14-9/h8-10H,2-7H2,1H3. The molecule has 1 saturated carbocycles. The molecule has 1 saturated heterocycles. The summed E-state index contributed by atoms with van der Waals surface area (Å²) < 4.78 is 10.4. The molecule has 1 aliphatic heterocycles. The molecule has 2 atom stereocenters. The fraction of sp³-hybridized carbons (Fsp3) is 0.909. The van der Waals surface area contributed by atoms with Crippen molar-refractivity contribution in [3.63, 3.8) is 0 Å². The maximum absolute atomic E-state index is 11.5. The Morgan fingerprint density at radius 3 is 2.87 bits per heavy atom. The van der Waals surface area contributed by atoms with Gasteiger partial charge < -0.3 is 9.47 Å². The van der Waals surface area contributed by atoms with Crippen LogP contribution in [0.3, 0.4) is 0 Å². The van der Waals surface area contributed by atoms with Gasteiger partial charge in [0.15, 0.2) is 0 Å². The van der Waals surface area contributed by atoms with Gasteiger partial charge in [0.1, 0.15) is 5.25 Å². The SMILES string of the molecule is COC(=O)C(SCC1CCCO1)C1CC1. The Labute approximate surface area is 94.9 Å². The van der Waals surface area contributed by atoms with Gasteiger partial charge in [-0.05, 0) is 31.6 Å². The van der Waals surface area contributed by atoms with Gasteiger partial charge in [-0.15, -0.1) is 11.8 Å². The second-order valence-electron chi connectivity index (χ2n) is 4.25. The predicted octanol–water partition coefficient (Wildman–Crippen LogP) is 1.85. The molecule has 0 radical (unpaired) electrons. The summed E-state index contributed by atoms with van der Waals surface area (Å²) in [7, 11) is 1.48. The molecule has 0 spiro atoms. The third-order valence-electron chi connectivity index (χ3n) is 2.97.